The molecule has 2 amide bonds. The van der Waals surface area contributed by atoms with Gasteiger partial charge in [0.2, 0.25) is 0 Å². The fraction of sp³-hybridized carbons (Fsp3) is 0.305. The third kappa shape index (κ3) is 17.5. The lowest BCUT2D eigenvalue weighted by atomic mass is 10.0. The Kier molecular flexibility index (Phi) is 23.7. The number of halogens is 6. The number of aromatic nitrogens is 9. The zero-order chi connectivity index (χ0) is 63.9. The molecule has 464 valence electrons. The Morgan fingerprint density at radius 2 is 1.32 bits per heavy atom. The van der Waals surface area contributed by atoms with Crippen molar-refractivity contribution in [1.29, 1.82) is 0 Å². The zero-order valence-corrected chi connectivity index (χ0v) is 54.6. The van der Waals surface area contributed by atoms with Gasteiger partial charge in [0.15, 0.2) is 17.5 Å². The summed E-state index contributed by atoms with van der Waals surface area (Å²) in [7, 11) is 5.18. The van der Waals surface area contributed by atoms with Crippen LogP contribution in [0.1, 0.15) is 132 Å². The molecule has 7 N–H and O–H groups in total. The standard InChI is InChI=1S/C20H21BrFN5O3.C20H20FN5O3.C12H10BrFIN3O.C7H12N2O/c1-4-14-8-13(26-30-14)10-27(3)20(28)15-6-5-12(22)7-16(15)11(2)29-19-18(23)24-9-17(21)25-19;1-4-16-17-14-8-23-18(22)19(24-14)28-10(2)13-7-11(21)5-6-12(13)20(27)26(3)9-15(17)25-29-16;1-6(8-4-7(14)2-3-9(8)15)19-12-11(16)17-5-10(13)18-12;1-3-7-4-6(5-8-2)9-10-7/h5-9,11H,4,10H2,1-3H3,(H2,23,24);5-8,10H,4,9H2,1-3H3,(H2,22,23);2-6H,1H3,(H2,16,17);4,8H,3,5H2,1-2H3/t11-;10-;6-;/m111./s1. The summed E-state index contributed by atoms with van der Waals surface area (Å²) in [6.07, 6.45) is 4.87. The minimum absolute atomic E-state index is 0.0857. The molecule has 3 aromatic carbocycles. The average molecular weight is 1450 g/mol. The van der Waals surface area contributed by atoms with Gasteiger partial charge in [0.05, 0.1) is 48.6 Å². The lowest BCUT2D eigenvalue weighted by molar-refractivity contribution is 0.0770. The monoisotopic (exact) mass is 1450 g/mol. The molecule has 88 heavy (non-hydrogen) atoms. The number of benzene rings is 3. The number of amides is 2. The largest absolute Gasteiger partial charge is 0.467 e. The molecule has 0 saturated heterocycles. The second-order valence-electron chi connectivity index (χ2n) is 19.5. The molecule has 1 aliphatic rings. The third-order valence-electron chi connectivity index (χ3n) is 13.0. The minimum atomic E-state index is -0.710. The average Bonchev–Trinajstić information content (AvgIpc) is 1.83. The van der Waals surface area contributed by atoms with E-state index in [0.717, 1.165) is 39.3 Å². The Labute approximate surface area is 535 Å². The summed E-state index contributed by atoms with van der Waals surface area (Å²) in [6, 6.07) is 16.2. The summed E-state index contributed by atoms with van der Waals surface area (Å²) in [5, 5.41) is 14.9. The minimum Gasteiger partial charge on any atom is -0.467 e. The van der Waals surface area contributed by atoms with E-state index in [4.69, 9.17) is 45.0 Å². The summed E-state index contributed by atoms with van der Waals surface area (Å²) in [4.78, 5) is 54.0. The Morgan fingerprint density at radius 3 is 1.92 bits per heavy atom. The second kappa shape index (κ2) is 31.1. The molecular weight excluding hydrogens is 1390 g/mol. The number of fused-ring (bicyclic) bond motifs is 5. The van der Waals surface area contributed by atoms with Gasteiger partial charge in [-0.3, -0.25) is 9.59 Å². The summed E-state index contributed by atoms with van der Waals surface area (Å²) in [5.41, 5.74) is 22.9. The van der Waals surface area contributed by atoms with Gasteiger partial charge in [-0.1, -0.05) is 36.2 Å². The maximum atomic E-state index is 14.0. The summed E-state index contributed by atoms with van der Waals surface area (Å²) in [6.45, 7) is 12.3. The number of hydrogen-bond acceptors (Lipinski definition) is 21. The first-order chi connectivity index (χ1) is 42.0. The first kappa shape index (κ1) is 67.2. The van der Waals surface area contributed by atoms with Gasteiger partial charge in [-0.15, -0.1) is 0 Å². The van der Waals surface area contributed by atoms with E-state index < -0.39 is 23.8 Å². The van der Waals surface area contributed by atoms with Gasteiger partial charge in [-0.05, 0) is 137 Å². The molecule has 23 nitrogen and oxygen atoms in total. The number of nitrogens with zero attached hydrogens (tertiary/aromatic N) is 11. The molecule has 0 saturated carbocycles. The van der Waals surface area contributed by atoms with E-state index in [1.54, 1.807) is 47.0 Å². The number of ether oxygens (including phenoxy) is 3. The van der Waals surface area contributed by atoms with E-state index >= 15 is 0 Å². The van der Waals surface area contributed by atoms with E-state index in [-0.39, 0.29) is 71.9 Å². The van der Waals surface area contributed by atoms with Gasteiger partial charge in [0, 0.05) is 83.4 Å². The van der Waals surface area contributed by atoms with Crippen LogP contribution in [0.15, 0.2) is 108 Å². The number of carbonyl (C=O) groups is 2. The molecule has 0 radical (unpaired) electrons. The van der Waals surface area contributed by atoms with Crippen molar-refractivity contribution in [3.05, 3.63) is 178 Å². The highest BCUT2D eigenvalue weighted by molar-refractivity contribution is 14.1. The molecule has 3 atom stereocenters. The second-order valence-corrected chi connectivity index (χ2v) is 22.3. The number of anilines is 3. The van der Waals surface area contributed by atoms with Crippen LogP contribution in [-0.2, 0) is 38.9 Å². The van der Waals surface area contributed by atoms with E-state index in [2.05, 4.69) is 105 Å². The third-order valence-corrected chi connectivity index (χ3v) is 14.8. The first-order valence-electron chi connectivity index (χ1n) is 27.2. The van der Waals surface area contributed by atoms with Crippen molar-refractivity contribution in [3.8, 4) is 28.9 Å². The number of nitrogen functional groups attached to an aromatic ring is 3. The Hall–Kier alpha value is -8.29. The van der Waals surface area contributed by atoms with Crippen molar-refractivity contribution >= 4 is 83.7 Å². The Balaban J connectivity index is 0.000000178. The Morgan fingerprint density at radius 1 is 0.761 bits per heavy atom. The molecule has 0 fully saturated rings. The number of rotatable bonds is 14. The molecule has 6 aromatic heterocycles. The van der Waals surface area contributed by atoms with Crippen LogP contribution in [0.4, 0.5) is 30.6 Å². The summed E-state index contributed by atoms with van der Waals surface area (Å²) < 4.78 is 76.0. The summed E-state index contributed by atoms with van der Waals surface area (Å²) >= 11 is 8.53. The zero-order valence-electron chi connectivity index (χ0n) is 49.2. The van der Waals surface area contributed by atoms with Gasteiger partial charge in [-0.25, -0.2) is 43.1 Å². The summed E-state index contributed by atoms with van der Waals surface area (Å²) in [5.74, 6) is 1.23. The van der Waals surface area contributed by atoms with Crippen molar-refractivity contribution in [2.45, 2.75) is 98.8 Å². The molecule has 0 unspecified atom stereocenters. The number of aryl methyl sites for hydroxylation is 3. The molecule has 7 heterocycles. The van der Waals surface area contributed by atoms with Gasteiger partial charge in [0.1, 0.15) is 73.6 Å². The highest BCUT2D eigenvalue weighted by atomic mass is 127. The maximum Gasteiger partial charge on any atom is 0.258 e. The quantitative estimate of drug-likeness (QED) is 0.0735. The van der Waals surface area contributed by atoms with Gasteiger partial charge in [-0.2, -0.15) is 0 Å². The topological polar surface area (TPSA) is 314 Å². The molecular formula is C59H63Br2F3IN15O8. The number of nitrogens with one attached hydrogen (secondary N) is 1. The van der Waals surface area contributed by atoms with Gasteiger partial charge >= 0.3 is 0 Å². The number of hydrogen-bond donors (Lipinski definition) is 4. The smallest absolute Gasteiger partial charge is 0.258 e. The van der Waals surface area contributed by atoms with Crippen LogP contribution >= 0.6 is 54.5 Å². The normalized spacial score (nSPS) is 13.2. The SMILES string of the molecule is CCc1cc(CN(C)C(=O)c2ccc(F)cc2[C@@H](C)Oc2nc(Br)cnc2N)no1.CCc1cc(CNC)no1.CCc1onc2c1-c1cnc(N)c(n1)O[C@H](C)c1cc(F)ccc1C(=O)N(C)C2.C[C@@H](Oc1nc(Br)cnc1N)c1cc(F)ccc1I. The van der Waals surface area contributed by atoms with Gasteiger partial charge < -0.3 is 60.1 Å². The molecule has 10 rings (SSSR count). The molecule has 0 spiro atoms. The lowest BCUT2D eigenvalue weighted by Crippen LogP contribution is -2.28. The molecule has 9 aromatic rings. The predicted molar refractivity (Wildman–Crippen MR) is 335 cm³/mol. The van der Waals surface area contributed by atoms with Gasteiger partial charge in [0.25, 0.3) is 29.5 Å². The van der Waals surface area contributed by atoms with Crippen molar-refractivity contribution in [3.63, 3.8) is 0 Å². The van der Waals surface area contributed by atoms with Crippen LogP contribution in [0, 0.1) is 21.0 Å². The van der Waals surface area contributed by atoms with Crippen molar-refractivity contribution < 1.29 is 50.5 Å². The van der Waals surface area contributed by atoms with Crippen LogP contribution in [-0.4, -0.2) is 88.1 Å². The fourth-order valence-corrected chi connectivity index (χ4v) is 9.84. The van der Waals surface area contributed by atoms with E-state index in [0.29, 0.717) is 72.7 Å². The molecule has 0 aliphatic carbocycles. The van der Waals surface area contributed by atoms with Crippen LogP contribution in [0.3, 0.4) is 0 Å². The first-order valence-corrected chi connectivity index (χ1v) is 29.9. The maximum absolute atomic E-state index is 14.0. The van der Waals surface area contributed by atoms with E-state index in [1.807, 2.05) is 33.9 Å². The number of nitrogens with two attached hydrogens (primary N) is 3. The van der Waals surface area contributed by atoms with Crippen LogP contribution in [0.25, 0.3) is 11.3 Å². The molecule has 1 aliphatic heterocycles. The Bertz CT molecular complexity index is 3880. The lowest BCUT2D eigenvalue weighted by Gasteiger charge is -2.23. The molecule has 29 heteroatoms. The predicted octanol–water partition coefficient (Wildman–Crippen LogP) is 11.7. The van der Waals surface area contributed by atoms with Crippen LogP contribution in [0.2, 0.25) is 0 Å². The van der Waals surface area contributed by atoms with Crippen molar-refractivity contribution in [1.82, 2.24) is 60.5 Å². The van der Waals surface area contributed by atoms with Crippen molar-refractivity contribution in [2.24, 2.45) is 0 Å². The highest BCUT2D eigenvalue weighted by Gasteiger charge is 2.28. The van der Waals surface area contributed by atoms with E-state index in [9.17, 15) is 22.8 Å². The van der Waals surface area contributed by atoms with Crippen LogP contribution < -0.4 is 36.7 Å². The van der Waals surface area contributed by atoms with E-state index in [1.165, 1.54) is 76.9 Å². The highest BCUT2D eigenvalue weighted by Crippen LogP contribution is 2.35. The van der Waals surface area contributed by atoms with Crippen molar-refractivity contribution in [2.75, 3.05) is 38.3 Å². The van der Waals surface area contributed by atoms with Crippen LogP contribution in [0.5, 0.6) is 17.6 Å². The number of carbonyl (C=O) groups excluding carboxylic acids is 2. The fourth-order valence-electron chi connectivity index (χ4n) is 8.54. The molecule has 2 bridgehead atoms.